The molecule has 0 unspecified atom stereocenters. The lowest BCUT2D eigenvalue weighted by atomic mass is 10.1. The molecule has 0 radical (unpaired) electrons. The van der Waals surface area contributed by atoms with E-state index >= 15 is 0 Å². The molecule has 0 fully saturated rings. The summed E-state index contributed by atoms with van der Waals surface area (Å²) >= 11 is 0. The SMILES string of the molecule is Cc1cccc2[nH]c(-c3c(N[C@H](CO)Cc4ccccc4)cc[nH]c3=O)nc12. The van der Waals surface area contributed by atoms with Gasteiger partial charge in [-0.15, -0.1) is 0 Å². The fraction of sp³-hybridized carbons (Fsp3) is 0.182. The number of aryl methyl sites for hydroxylation is 1. The summed E-state index contributed by atoms with van der Waals surface area (Å²) in [5.41, 5.74) is 4.71. The van der Waals surface area contributed by atoms with Gasteiger partial charge in [-0.25, -0.2) is 4.98 Å². The molecule has 0 saturated heterocycles. The van der Waals surface area contributed by atoms with Crippen molar-refractivity contribution in [2.75, 3.05) is 11.9 Å². The predicted molar refractivity (Wildman–Crippen MR) is 112 cm³/mol. The standard InChI is InChI=1S/C22H22N4O2/c1-14-6-5-9-18-20(14)26-21(25-18)19-17(10-11-23-22(19)28)24-16(13-27)12-15-7-3-2-4-8-15/h2-11,16,27H,12-13H2,1H3,(H,25,26)(H2,23,24,28)/t16-/m0/s1. The largest absolute Gasteiger partial charge is 0.394 e. The molecular weight excluding hydrogens is 352 g/mol. The molecule has 0 aliphatic heterocycles. The third kappa shape index (κ3) is 3.54. The Morgan fingerprint density at radius 1 is 1.11 bits per heavy atom. The van der Waals surface area contributed by atoms with E-state index in [0.717, 1.165) is 22.2 Å². The molecule has 2 aromatic carbocycles. The smallest absolute Gasteiger partial charge is 0.261 e. The Morgan fingerprint density at radius 3 is 2.68 bits per heavy atom. The van der Waals surface area contributed by atoms with Gasteiger partial charge >= 0.3 is 0 Å². The highest BCUT2D eigenvalue weighted by atomic mass is 16.3. The number of hydrogen-bond donors (Lipinski definition) is 4. The van der Waals surface area contributed by atoms with Crippen molar-refractivity contribution in [3.63, 3.8) is 0 Å². The number of hydrogen-bond acceptors (Lipinski definition) is 4. The number of nitrogens with one attached hydrogen (secondary N) is 3. The normalized spacial score (nSPS) is 12.2. The van der Waals surface area contributed by atoms with Gasteiger partial charge in [-0.2, -0.15) is 0 Å². The molecule has 0 saturated carbocycles. The maximum absolute atomic E-state index is 12.6. The fourth-order valence-corrected chi connectivity index (χ4v) is 3.41. The van der Waals surface area contributed by atoms with Crippen LogP contribution in [-0.2, 0) is 6.42 Å². The molecule has 0 amide bonds. The monoisotopic (exact) mass is 374 g/mol. The van der Waals surface area contributed by atoms with Gasteiger partial charge in [0.05, 0.1) is 29.4 Å². The van der Waals surface area contributed by atoms with E-state index in [1.165, 1.54) is 0 Å². The first-order chi connectivity index (χ1) is 13.7. The highest BCUT2D eigenvalue weighted by Gasteiger charge is 2.17. The van der Waals surface area contributed by atoms with E-state index < -0.39 is 0 Å². The van der Waals surface area contributed by atoms with Crippen molar-refractivity contribution in [2.45, 2.75) is 19.4 Å². The topological polar surface area (TPSA) is 93.8 Å². The lowest BCUT2D eigenvalue weighted by molar-refractivity contribution is 0.274. The van der Waals surface area contributed by atoms with Gasteiger partial charge in [-0.1, -0.05) is 42.5 Å². The van der Waals surface area contributed by atoms with Gasteiger partial charge < -0.3 is 20.4 Å². The third-order valence-corrected chi connectivity index (χ3v) is 4.82. The highest BCUT2D eigenvalue weighted by molar-refractivity contribution is 5.84. The number of para-hydroxylation sites is 1. The molecule has 1 atom stereocenters. The zero-order valence-electron chi connectivity index (χ0n) is 15.6. The summed E-state index contributed by atoms with van der Waals surface area (Å²) in [6.45, 7) is 1.93. The Morgan fingerprint density at radius 2 is 1.93 bits per heavy atom. The number of fused-ring (bicyclic) bond motifs is 1. The lowest BCUT2D eigenvalue weighted by Crippen LogP contribution is -2.28. The van der Waals surface area contributed by atoms with Gasteiger partial charge in [-0.3, -0.25) is 4.79 Å². The summed E-state index contributed by atoms with van der Waals surface area (Å²) in [6.07, 6.45) is 2.24. The molecule has 0 bridgehead atoms. The number of anilines is 1. The van der Waals surface area contributed by atoms with E-state index in [9.17, 15) is 9.90 Å². The minimum absolute atomic E-state index is 0.0552. The number of aliphatic hydroxyl groups is 1. The molecule has 0 spiro atoms. The molecule has 142 valence electrons. The van der Waals surface area contributed by atoms with Crippen LogP contribution in [0, 0.1) is 6.92 Å². The number of benzene rings is 2. The van der Waals surface area contributed by atoms with E-state index in [2.05, 4.69) is 20.3 Å². The van der Waals surface area contributed by atoms with Crippen LogP contribution in [0.5, 0.6) is 0 Å². The van der Waals surface area contributed by atoms with Gasteiger partial charge in [0.25, 0.3) is 5.56 Å². The Bertz CT molecular complexity index is 1150. The van der Waals surface area contributed by atoms with Crippen LogP contribution < -0.4 is 10.9 Å². The second-order valence-corrected chi connectivity index (χ2v) is 6.87. The number of aromatic amines is 2. The molecule has 0 aliphatic carbocycles. The number of nitrogens with zero attached hydrogens (tertiary/aromatic N) is 1. The van der Waals surface area contributed by atoms with E-state index in [1.807, 2.05) is 55.5 Å². The summed E-state index contributed by atoms with van der Waals surface area (Å²) < 4.78 is 0. The van der Waals surface area contributed by atoms with E-state index in [0.29, 0.717) is 23.5 Å². The Kier molecular flexibility index (Phi) is 4.95. The number of aliphatic hydroxyl groups excluding tert-OH is 1. The Labute approximate surface area is 162 Å². The van der Waals surface area contributed by atoms with Crippen LogP contribution in [0.4, 0.5) is 5.69 Å². The van der Waals surface area contributed by atoms with Crippen molar-refractivity contribution < 1.29 is 5.11 Å². The molecule has 2 heterocycles. The third-order valence-electron chi connectivity index (χ3n) is 4.82. The Balaban J connectivity index is 1.71. The first kappa shape index (κ1) is 18.0. The van der Waals surface area contributed by atoms with Crippen LogP contribution >= 0.6 is 0 Å². The van der Waals surface area contributed by atoms with Crippen LogP contribution in [0.15, 0.2) is 65.6 Å². The molecule has 2 aromatic heterocycles. The van der Waals surface area contributed by atoms with Gasteiger partial charge in [-0.05, 0) is 36.6 Å². The minimum Gasteiger partial charge on any atom is -0.394 e. The van der Waals surface area contributed by atoms with Gasteiger partial charge in [0.2, 0.25) is 0 Å². The van der Waals surface area contributed by atoms with Crippen LogP contribution in [0.3, 0.4) is 0 Å². The average Bonchev–Trinajstić information content (AvgIpc) is 3.13. The number of pyridine rings is 1. The summed E-state index contributed by atoms with van der Waals surface area (Å²) in [5.74, 6) is 0.505. The molecule has 6 heteroatoms. The van der Waals surface area contributed by atoms with Crippen molar-refractivity contribution in [1.82, 2.24) is 15.0 Å². The molecular formula is C22H22N4O2. The van der Waals surface area contributed by atoms with E-state index in [1.54, 1.807) is 12.3 Å². The van der Waals surface area contributed by atoms with Crippen molar-refractivity contribution in [2.24, 2.45) is 0 Å². The first-order valence-electron chi connectivity index (χ1n) is 9.24. The van der Waals surface area contributed by atoms with Crippen LogP contribution in [0.1, 0.15) is 11.1 Å². The summed E-state index contributed by atoms with van der Waals surface area (Å²) in [5, 5.41) is 13.2. The van der Waals surface area contributed by atoms with Crippen LogP contribution in [0.25, 0.3) is 22.4 Å². The van der Waals surface area contributed by atoms with Crippen molar-refractivity contribution in [3.8, 4) is 11.4 Å². The summed E-state index contributed by atoms with van der Waals surface area (Å²) in [6, 6.07) is 17.4. The van der Waals surface area contributed by atoms with Crippen molar-refractivity contribution in [3.05, 3.63) is 82.3 Å². The molecule has 0 aliphatic rings. The Hall–Kier alpha value is -3.38. The first-order valence-corrected chi connectivity index (χ1v) is 9.24. The zero-order chi connectivity index (χ0) is 19.5. The fourth-order valence-electron chi connectivity index (χ4n) is 3.41. The van der Waals surface area contributed by atoms with Gasteiger partial charge in [0.1, 0.15) is 11.4 Å². The number of rotatable bonds is 6. The van der Waals surface area contributed by atoms with Crippen molar-refractivity contribution in [1.29, 1.82) is 0 Å². The van der Waals surface area contributed by atoms with Crippen LogP contribution in [0.2, 0.25) is 0 Å². The molecule has 6 nitrogen and oxygen atoms in total. The second-order valence-electron chi connectivity index (χ2n) is 6.87. The van der Waals surface area contributed by atoms with Crippen molar-refractivity contribution >= 4 is 16.7 Å². The van der Waals surface area contributed by atoms with Gasteiger partial charge in [0.15, 0.2) is 0 Å². The predicted octanol–water partition coefficient (Wildman–Crippen LogP) is 3.24. The summed E-state index contributed by atoms with van der Waals surface area (Å²) in [4.78, 5) is 23.2. The maximum atomic E-state index is 12.6. The lowest BCUT2D eigenvalue weighted by Gasteiger charge is -2.19. The quantitative estimate of drug-likeness (QED) is 0.417. The highest BCUT2D eigenvalue weighted by Crippen LogP contribution is 2.26. The number of imidazole rings is 1. The second kappa shape index (κ2) is 7.70. The number of H-pyrrole nitrogens is 2. The average molecular weight is 374 g/mol. The molecule has 4 rings (SSSR count). The number of aromatic nitrogens is 3. The summed E-state index contributed by atoms with van der Waals surface area (Å²) in [7, 11) is 0. The molecule has 28 heavy (non-hydrogen) atoms. The zero-order valence-corrected chi connectivity index (χ0v) is 15.6. The van der Waals surface area contributed by atoms with Gasteiger partial charge in [0, 0.05) is 6.20 Å². The van der Waals surface area contributed by atoms with E-state index in [-0.39, 0.29) is 18.2 Å². The molecule has 4 aromatic rings. The van der Waals surface area contributed by atoms with Crippen LogP contribution in [-0.4, -0.2) is 32.7 Å². The maximum Gasteiger partial charge on any atom is 0.261 e. The minimum atomic E-state index is -0.238. The van der Waals surface area contributed by atoms with E-state index in [4.69, 9.17) is 0 Å². The molecule has 4 N–H and O–H groups in total.